The summed E-state index contributed by atoms with van der Waals surface area (Å²) in [5, 5.41) is 3.43. The molecule has 1 N–H and O–H groups in total. The van der Waals surface area contributed by atoms with E-state index in [1.165, 1.54) is 18.4 Å². The summed E-state index contributed by atoms with van der Waals surface area (Å²) >= 11 is 0. The van der Waals surface area contributed by atoms with Crippen LogP contribution in [-0.4, -0.2) is 42.1 Å². The summed E-state index contributed by atoms with van der Waals surface area (Å²) in [5.74, 6) is 1.83. The van der Waals surface area contributed by atoms with Crippen molar-refractivity contribution in [3.05, 3.63) is 41.9 Å². The van der Waals surface area contributed by atoms with Crippen LogP contribution in [0.4, 0.5) is 11.8 Å². The van der Waals surface area contributed by atoms with Crippen molar-refractivity contribution >= 4 is 11.8 Å². The molecule has 0 unspecified atom stereocenters. The Morgan fingerprint density at radius 1 is 1.04 bits per heavy atom. The van der Waals surface area contributed by atoms with Gasteiger partial charge in [0.15, 0.2) is 0 Å². The smallest absolute Gasteiger partial charge is 0.225 e. The molecular formula is C17H24N6. The predicted molar refractivity (Wildman–Crippen MR) is 92.6 cm³/mol. The summed E-state index contributed by atoms with van der Waals surface area (Å²) in [5.41, 5.74) is 2.33. The number of hydrogen-bond acceptors (Lipinski definition) is 6. The van der Waals surface area contributed by atoms with Crippen LogP contribution < -0.4 is 15.1 Å². The minimum Gasteiger partial charge on any atom is -0.363 e. The van der Waals surface area contributed by atoms with Crippen molar-refractivity contribution in [2.24, 2.45) is 0 Å². The highest BCUT2D eigenvalue weighted by Gasteiger charge is 2.14. The van der Waals surface area contributed by atoms with Crippen molar-refractivity contribution in [2.75, 3.05) is 37.0 Å². The van der Waals surface area contributed by atoms with Gasteiger partial charge in [-0.1, -0.05) is 0 Å². The Morgan fingerprint density at radius 2 is 1.74 bits per heavy atom. The molecule has 0 amide bonds. The number of nitrogens with one attached hydrogen (secondary N) is 1. The summed E-state index contributed by atoms with van der Waals surface area (Å²) in [7, 11) is 4.00. The molecule has 0 aromatic carbocycles. The average Bonchev–Trinajstić information content (AvgIpc) is 3.10. The molecule has 3 heterocycles. The van der Waals surface area contributed by atoms with Crippen molar-refractivity contribution in [3.63, 3.8) is 0 Å². The lowest BCUT2D eigenvalue weighted by molar-refractivity contribution is 0.687. The van der Waals surface area contributed by atoms with Crippen molar-refractivity contribution < 1.29 is 0 Å². The Morgan fingerprint density at radius 3 is 2.43 bits per heavy atom. The van der Waals surface area contributed by atoms with Crippen molar-refractivity contribution in [2.45, 2.75) is 25.9 Å². The van der Waals surface area contributed by atoms with Gasteiger partial charge in [0.1, 0.15) is 5.82 Å². The predicted octanol–water partition coefficient (Wildman–Crippen LogP) is 1.83. The van der Waals surface area contributed by atoms with E-state index in [9.17, 15) is 0 Å². The van der Waals surface area contributed by atoms with Gasteiger partial charge < -0.3 is 15.1 Å². The third-order valence-corrected chi connectivity index (χ3v) is 4.01. The van der Waals surface area contributed by atoms with E-state index in [1.54, 1.807) is 0 Å². The second kappa shape index (κ2) is 7.37. The fourth-order valence-electron chi connectivity index (χ4n) is 2.69. The zero-order valence-corrected chi connectivity index (χ0v) is 13.9. The molecule has 2 aromatic heterocycles. The third-order valence-electron chi connectivity index (χ3n) is 4.01. The Hall–Kier alpha value is -2.21. The van der Waals surface area contributed by atoms with Crippen molar-refractivity contribution in [3.8, 4) is 0 Å². The highest BCUT2D eigenvalue weighted by Crippen LogP contribution is 2.15. The van der Waals surface area contributed by atoms with E-state index in [1.807, 2.05) is 43.7 Å². The van der Waals surface area contributed by atoms with E-state index in [4.69, 9.17) is 0 Å². The molecule has 1 aliphatic heterocycles. The van der Waals surface area contributed by atoms with Gasteiger partial charge in [-0.15, -0.1) is 0 Å². The SMILES string of the molecule is CN(C)c1cc(CNCc2cnc(N3CCCC3)nc2)ccn1. The summed E-state index contributed by atoms with van der Waals surface area (Å²) < 4.78 is 0. The fraction of sp³-hybridized carbons (Fsp3) is 0.471. The van der Waals surface area contributed by atoms with Crippen LogP contribution in [0.1, 0.15) is 24.0 Å². The molecule has 0 aliphatic carbocycles. The lowest BCUT2D eigenvalue weighted by Crippen LogP contribution is -2.21. The quantitative estimate of drug-likeness (QED) is 0.878. The zero-order valence-electron chi connectivity index (χ0n) is 13.9. The average molecular weight is 312 g/mol. The highest BCUT2D eigenvalue weighted by atomic mass is 15.3. The molecule has 6 nitrogen and oxygen atoms in total. The van der Waals surface area contributed by atoms with E-state index >= 15 is 0 Å². The summed E-state index contributed by atoms with van der Waals surface area (Å²) in [6, 6.07) is 4.13. The van der Waals surface area contributed by atoms with Crippen LogP contribution in [0.2, 0.25) is 0 Å². The van der Waals surface area contributed by atoms with Gasteiger partial charge in [-0.05, 0) is 30.5 Å². The van der Waals surface area contributed by atoms with E-state index in [0.717, 1.165) is 43.5 Å². The molecule has 1 fully saturated rings. The van der Waals surface area contributed by atoms with Gasteiger partial charge >= 0.3 is 0 Å². The standard InChI is InChI=1S/C17H24N6/c1-22(2)16-9-14(5-6-19-16)10-18-11-15-12-20-17(21-13-15)23-7-3-4-8-23/h5-6,9,12-13,18H,3-4,7-8,10-11H2,1-2H3. The second-order valence-corrected chi connectivity index (χ2v) is 6.11. The molecule has 0 atom stereocenters. The van der Waals surface area contributed by atoms with Crippen molar-refractivity contribution in [1.82, 2.24) is 20.3 Å². The topological polar surface area (TPSA) is 57.2 Å². The molecule has 2 aromatic rings. The number of anilines is 2. The van der Waals surface area contributed by atoms with Gasteiger partial charge in [0.2, 0.25) is 5.95 Å². The maximum absolute atomic E-state index is 4.48. The Balaban J connectivity index is 1.51. The van der Waals surface area contributed by atoms with E-state index < -0.39 is 0 Å². The van der Waals surface area contributed by atoms with E-state index in [2.05, 4.69) is 31.2 Å². The maximum Gasteiger partial charge on any atom is 0.225 e. The van der Waals surface area contributed by atoms with Gasteiger partial charge in [-0.2, -0.15) is 0 Å². The fourth-order valence-corrected chi connectivity index (χ4v) is 2.69. The lowest BCUT2D eigenvalue weighted by atomic mass is 10.2. The van der Waals surface area contributed by atoms with Crippen LogP contribution in [0.25, 0.3) is 0 Å². The van der Waals surface area contributed by atoms with Gasteiger partial charge in [0.25, 0.3) is 0 Å². The van der Waals surface area contributed by atoms with Crippen LogP contribution in [0.5, 0.6) is 0 Å². The lowest BCUT2D eigenvalue weighted by Gasteiger charge is -2.15. The van der Waals surface area contributed by atoms with Gasteiger partial charge in [-0.3, -0.25) is 0 Å². The van der Waals surface area contributed by atoms with E-state index in [0.29, 0.717) is 0 Å². The van der Waals surface area contributed by atoms with E-state index in [-0.39, 0.29) is 0 Å². The first-order valence-corrected chi connectivity index (χ1v) is 8.11. The Kier molecular flexibility index (Phi) is 5.02. The highest BCUT2D eigenvalue weighted by molar-refractivity contribution is 5.39. The Bertz CT molecular complexity index is 619. The number of pyridine rings is 1. The maximum atomic E-state index is 4.48. The zero-order chi connectivity index (χ0) is 16.1. The monoisotopic (exact) mass is 312 g/mol. The van der Waals surface area contributed by atoms with Crippen LogP contribution >= 0.6 is 0 Å². The van der Waals surface area contributed by atoms with Gasteiger partial charge in [-0.25, -0.2) is 15.0 Å². The molecule has 0 saturated carbocycles. The molecule has 0 spiro atoms. The molecule has 23 heavy (non-hydrogen) atoms. The number of hydrogen-bond donors (Lipinski definition) is 1. The first kappa shape index (κ1) is 15.7. The third kappa shape index (κ3) is 4.16. The first-order chi connectivity index (χ1) is 11.2. The van der Waals surface area contributed by atoms with Gasteiger partial charge in [0.05, 0.1) is 0 Å². The molecule has 0 radical (unpaired) electrons. The summed E-state index contributed by atoms with van der Waals surface area (Å²) in [6.07, 6.45) is 8.18. The molecule has 1 aliphatic rings. The minimum atomic E-state index is 0.764. The van der Waals surface area contributed by atoms with Crippen molar-refractivity contribution in [1.29, 1.82) is 0 Å². The summed E-state index contributed by atoms with van der Waals surface area (Å²) in [4.78, 5) is 17.5. The first-order valence-electron chi connectivity index (χ1n) is 8.11. The second-order valence-electron chi connectivity index (χ2n) is 6.11. The molecular weight excluding hydrogens is 288 g/mol. The largest absolute Gasteiger partial charge is 0.363 e. The number of nitrogens with zero attached hydrogens (tertiary/aromatic N) is 5. The molecule has 1 saturated heterocycles. The molecule has 6 heteroatoms. The van der Waals surface area contributed by atoms with Crippen LogP contribution in [0, 0.1) is 0 Å². The Labute approximate surface area is 137 Å². The van der Waals surface area contributed by atoms with Crippen LogP contribution in [-0.2, 0) is 13.1 Å². The molecule has 122 valence electrons. The normalized spacial score (nSPS) is 14.3. The van der Waals surface area contributed by atoms with Gasteiger partial charge in [0, 0.05) is 64.4 Å². The number of rotatable bonds is 6. The number of aromatic nitrogens is 3. The summed E-state index contributed by atoms with van der Waals surface area (Å²) in [6.45, 7) is 3.72. The van der Waals surface area contributed by atoms with Crippen LogP contribution in [0.3, 0.4) is 0 Å². The van der Waals surface area contributed by atoms with Crippen LogP contribution in [0.15, 0.2) is 30.7 Å². The molecule has 0 bridgehead atoms. The minimum absolute atomic E-state index is 0.764. The molecule has 3 rings (SSSR count).